The van der Waals surface area contributed by atoms with Gasteiger partial charge in [0, 0.05) is 17.5 Å². The Morgan fingerprint density at radius 3 is 2.79 bits per heavy atom. The molecule has 146 valence electrons. The van der Waals surface area contributed by atoms with Gasteiger partial charge in [0.05, 0.1) is 13.7 Å². The number of carbonyl (C=O) groups is 2. The van der Waals surface area contributed by atoms with Crippen LogP contribution in [0.1, 0.15) is 23.1 Å². The fourth-order valence-electron chi connectivity index (χ4n) is 4.37. The number of fused-ring (bicyclic) bond motifs is 3. The SMILES string of the molecule is COc1ccc2c(CN3C(=O)NC4(CCc5ccccc54)C3=O)cc(=O)oc2c1. The Morgan fingerprint density at radius 2 is 1.97 bits per heavy atom. The number of methoxy groups -OCH3 is 1. The van der Waals surface area contributed by atoms with E-state index in [0.29, 0.717) is 28.7 Å². The molecule has 1 atom stereocenters. The van der Waals surface area contributed by atoms with Gasteiger partial charge in [-0.2, -0.15) is 0 Å². The average Bonchev–Trinajstić information content (AvgIpc) is 3.20. The lowest BCUT2D eigenvalue weighted by molar-refractivity contribution is -0.132. The first-order valence-corrected chi connectivity index (χ1v) is 9.35. The largest absolute Gasteiger partial charge is 0.497 e. The third-order valence-corrected chi connectivity index (χ3v) is 5.79. The molecule has 1 aliphatic carbocycles. The Hall–Kier alpha value is -3.61. The molecule has 1 fully saturated rings. The number of nitrogens with one attached hydrogen (secondary N) is 1. The van der Waals surface area contributed by atoms with E-state index in [0.717, 1.165) is 17.5 Å². The van der Waals surface area contributed by atoms with Crippen LogP contribution >= 0.6 is 0 Å². The number of hydrogen-bond donors (Lipinski definition) is 1. The summed E-state index contributed by atoms with van der Waals surface area (Å²) in [5, 5.41) is 3.55. The molecule has 1 aliphatic heterocycles. The van der Waals surface area contributed by atoms with Gasteiger partial charge in [0.15, 0.2) is 0 Å². The molecule has 29 heavy (non-hydrogen) atoms. The molecule has 2 aliphatic rings. The topological polar surface area (TPSA) is 88.9 Å². The Morgan fingerprint density at radius 1 is 1.14 bits per heavy atom. The van der Waals surface area contributed by atoms with E-state index in [1.165, 1.54) is 18.1 Å². The summed E-state index contributed by atoms with van der Waals surface area (Å²) in [4.78, 5) is 39.3. The molecule has 0 bridgehead atoms. The molecule has 7 heteroatoms. The van der Waals surface area contributed by atoms with Crippen molar-refractivity contribution >= 4 is 22.9 Å². The van der Waals surface area contributed by atoms with Crippen LogP contribution in [0.2, 0.25) is 0 Å². The second kappa shape index (κ2) is 6.20. The quantitative estimate of drug-likeness (QED) is 0.549. The highest BCUT2D eigenvalue weighted by Crippen LogP contribution is 2.41. The number of carbonyl (C=O) groups excluding carboxylic acids is 2. The number of amides is 3. The minimum atomic E-state index is -1.02. The average molecular weight is 390 g/mol. The molecule has 3 amide bonds. The van der Waals surface area contributed by atoms with Crippen LogP contribution in [0.15, 0.2) is 57.7 Å². The lowest BCUT2D eigenvalue weighted by atomic mass is 9.92. The predicted molar refractivity (Wildman–Crippen MR) is 105 cm³/mol. The number of hydrogen-bond acceptors (Lipinski definition) is 5. The first-order valence-electron chi connectivity index (χ1n) is 9.35. The van der Waals surface area contributed by atoms with E-state index < -0.39 is 17.2 Å². The molecule has 3 aromatic rings. The first-order chi connectivity index (χ1) is 14.0. The molecule has 5 rings (SSSR count). The molecule has 1 unspecified atom stereocenters. The lowest BCUT2D eigenvalue weighted by Crippen LogP contribution is -2.41. The van der Waals surface area contributed by atoms with Crippen LogP contribution in [0, 0.1) is 0 Å². The zero-order valence-electron chi connectivity index (χ0n) is 15.7. The van der Waals surface area contributed by atoms with Gasteiger partial charge in [-0.3, -0.25) is 9.69 Å². The summed E-state index contributed by atoms with van der Waals surface area (Å²) < 4.78 is 10.4. The molecular formula is C22H18N2O5. The summed E-state index contributed by atoms with van der Waals surface area (Å²) in [5.74, 6) is 0.261. The molecular weight excluding hydrogens is 372 g/mol. The highest BCUT2D eigenvalue weighted by molar-refractivity contribution is 6.08. The van der Waals surface area contributed by atoms with Crippen LogP contribution in [-0.4, -0.2) is 23.9 Å². The molecule has 2 aromatic carbocycles. The lowest BCUT2D eigenvalue weighted by Gasteiger charge is -2.22. The summed E-state index contributed by atoms with van der Waals surface area (Å²) in [6.45, 7) is -0.0109. The monoisotopic (exact) mass is 390 g/mol. The van der Waals surface area contributed by atoms with Crippen molar-refractivity contribution in [1.29, 1.82) is 0 Å². The molecule has 1 spiro atoms. The smallest absolute Gasteiger partial charge is 0.336 e. The van der Waals surface area contributed by atoms with Gasteiger partial charge in [-0.1, -0.05) is 24.3 Å². The van der Waals surface area contributed by atoms with Crippen LogP contribution in [0.4, 0.5) is 4.79 Å². The van der Waals surface area contributed by atoms with E-state index in [4.69, 9.17) is 9.15 Å². The number of ether oxygens (including phenoxy) is 1. The maximum Gasteiger partial charge on any atom is 0.336 e. The Bertz CT molecular complexity index is 1230. The van der Waals surface area contributed by atoms with Crippen LogP contribution < -0.4 is 15.7 Å². The fourth-order valence-corrected chi connectivity index (χ4v) is 4.37. The van der Waals surface area contributed by atoms with Crippen LogP contribution in [0.3, 0.4) is 0 Å². The third-order valence-electron chi connectivity index (χ3n) is 5.79. The van der Waals surface area contributed by atoms with E-state index in [9.17, 15) is 14.4 Å². The van der Waals surface area contributed by atoms with Crippen molar-refractivity contribution in [1.82, 2.24) is 10.2 Å². The number of urea groups is 1. The minimum absolute atomic E-state index is 0.0109. The van der Waals surface area contributed by atoms with E-state index >= 15 is 0 Å². The molecule has 1 saturated heterocycles. The second-order valence-corrected chi connectivity index (χ2v) is 7.34. The van der Waals surface area contributed by atoms with Crippen LogP contribution in [0.25, 0.3) is 11.0 Å². The zero-order chi connectivity index (χ0) is 20.2. The highest BCUT2D eigenvalue weighted by Gasteiger charge is 2.55. The van der Waals surface area contributed by atoms with Gasteiger partial charge in [-0.25, -0.2) is 9.59 Å². The van der Waals surface area contributed by atoms with Crippen molar-refractivity contribution in [2.75, 3.05) is 7.11 Å². The van der Waals surface area contributed by atoms with Crippen LogP contribution in [0.5, 0.6) is 5.75 Å². The first kappa shape index (κ1) is 17.5. The molecule has 1 N–H and O–H groups in total. The van der Waals surface area contributed by atoms with Gasteiger partial charge in [-0.05, 0) is 41.7 Å². The molecule has 1 aromatic heterocycles. The summed E-state index contributed by atoms with van der Waals surface area (Å²) in [6, 6.07) is 13.7. The van der Waals surface area contributed by atoms with Gasteiger partial charge >= 0.3 is 11.7 Å². The van der Waals surface area contributed by atoms with E-state index in [2.05, 4.69) is 5.32 Å². The van der Waals surface area contributed by atoms with E-state index in [1.807, 2.05) is 24.3 Å². The van der Waals surface area contributed by atoms with Gasteiger partial charge < -0.3 is 14.5 Å². The summed E-state index contributed by atoms with van der Waals surface area (Å²) in [5.41, 5.74) is 1.25. The predicted octanol–water partition coefficient (Wildman–Crippen LogP) is 2.70. The molecule has 0 radical (unpaired) electrons. The Balaban J connectivity index is 1.54. The summed E-state index contributed by atoms with van der Waals surface area (Å²) in [7, 11) is 1.52. The van der Waals surface area contributed by atoms with Crippen molar-refractivity contribution in [3.63, 3.8) is 0 Å². The zero-order valence-corrected chi connectivity index (χ0v) is 15.7. The maximum absolute atomic E-state index is 13.3. The second-order valence-electron chi connectivity index (χ2n) is 7.34. The Labute approximate surface area is 165 Å². The number of aryl methyl sites for hydroxylation is 1. The van der Waals surface area contributed by atoms with Gasteiger partial charge in [0.25, 0.3) is 5.91 Å². The van der Waals surface area contributed by atoms with Gasteiger partial charge in [0.1, 0.15) is 16.9 Å². The standard InChI is InChI=1S/C22H18N2O5/c1-28-15-6-7-16-14(10-19(25)29-18(16)11-15)12-24-20(26)22(23-21(24)27)9-8-13-4-2-3-5-17(13)22/h2-7,10-11H,8-9,12H2,1H3,(H,23,27). The summed E-state index contributed by atoms with van der Waals surface area (Å²) in [6.07, 6.45) is 1.26. The summed E-state index contributed by atoms with van der Waals surface area (Å²) >= 11 is 0. The number of nitrogens with zero attached hydrogens (tertiary/aromatic N) is 1. The van der Waals surface area contributed by atoms with E-state index in [1.54, 1.807) is 18.2 Å². The normalized spacial score (nSPS) is 20.4. The van der Waals surface area contributed by atoms with Crippen molar-refractivity contribution in [3.05, 3.63) is 75.6 Å². The van der Waals surface area contributed by atoms with Crippen molar-refractivity contribution in [2.24, 2.45) is 0 Å². The molecule has 7 nitrogen and oxygen atoms in total. The third kappa shape index (κ3) is 2.54. The van der Waals surface area contributed by atoms with Crippen molar-refractivity contribution in [2.45, 2.75) is 24.9 Å². The maximum atomic E-state index is 13.3. The highest BCUT2D eigenvalue weighted by atomic mass is 16.5. The fraction of sp³-hybridized carbons (Fsp3) is 0.227. The Kier molecular flexibility index (Phi) is 3.74. The van der Waals surface area contributed by atoms with Gasteiger partial charge in [-0.15, -0.1) is 0 Å². The number of benzene rings is 2. The molecule has 2 heterocycles. The van der Waals surface area contributed by atoms with Gasteiger partial charge in [0.2, 0.25) is 0 Å². The van der Waals surface area contributed by atoms with Crippen molar-refractivity contribution < 1.29 is 18.7 Å². The van der Waals surface area contributed by atoms with Crippen LogP contribution in [-0.2, 0) is 23.3 Å². The van der Waals surface area contributed by atoms with E-state index in [-0.39, 0.29) is 12.5 Å². The number of rotatable bonds is 3. The molecule has 0 saturated carbocycles. The minimum Gasteiger partial charge on any atom is -0.497 e. The number of imide groups is 1. The van der Waals surface area contributed by atoms with Crippen molar-refractivity contribution in [3.8, 4) is 5.75 Å².